The van der Waals surface area contributed by atoms with Gasteiger partial charge in [0.25, 0.3) is 10.0 Å². The Kier molecular flexibility index (Phi) is 3.89. The molecule has 1 aliphatic rings. The summed E-state index contributed by atoms with van der Waals surface area (Å²) in [5.74, 6) is 0. The number of rotatable bonds is 4. The Labute approximate surface area is 152 Å². The van der Waals surface area contributed by atoms with E-state index in [0.717, 1.165) is 16.8 Å². The van der Waals surface area contributed by atoms with Crippen molar-refractivity contribution in [1.82, 2.24) is 8.96 Å². The van der Waals surface area contributed by atoms with E-state index in [0.29, 0.717) is 18.8 Å². The minimum Gasteiger partial charge on any atom is -0.382 e. The molecule has 0 radical (unpaired) electrons. The van der Waals surface area contributed by atoms with Gasteiger partial charge < -0.3 is 15.4 Å². The Morgan fingerprint density at radius 2 is 2.04 bits per heavy atom. The van der Waals surface area contributed by atoms with Gasteiger partial charge in [-0.05, 0) is 25.1 Å². The number of anilines is 2. The van der Waals surface area contributed by atoms with Crippen molar-refractivity contribution in [2.75, 3.05) is 30.9 Å². The lowest BCUT2D eigenvalue weighted by Crippen LogP contribution is -2.48. The summed E-state index contributed by atoms with van der Waals surface area (Å²) >= 11 is 0. The van der Waals surface area contributed by atoms with Crippen molar-refractivity contribution in [3.05, 3.63) is 48.8 Å². The van der Waals surface area contributed by atoms with Gasteiger partial charge >= 0.3 is 0 Å². The molecule has 7 nitrogen and oxygen atoms in total. The Balaban J connectivity index is 1.85. The van der Waals surface area contributed by atoms with Crippen LogP contribution in [0.1, 0.15) is 6.92 Å². The monoisotopic (exact) mass is 372 g/mol. The lowest BCUT2D eigenvalue weighted by atomic mass is 9.99. The van der Waals surface area contributed by atoms with E-state index in [9.17, 15) is 8.42 Å². The summed E-state index contributed by atoms with van der Waals surface area (Å²) in [5.41, 5.74) is 1.78. The van der Waals surface area contributed by atoms with Crippen LogP contribution in [0.2, 0.25) is 0 Å². The molecule has 26 heavy (non-hydrogen) atoms. The molecule has 3 aromatic rings. The van der Waals surface area contributed by atoms with Crippen LogP contribution in [0.3, 0.4) is 0 Å². The quantitative estimate of drug-likeness (QED) is 0.732. The molecule has 1 aliphatic heterocycles. The van der Waals surface area contributed by atoms with Gasteiger partial charge in [-0.25, -0.2) is 17.4 Å². The van der Waals surface area contributed by atoms with Gasteiger partial charge in [-0.15, -0.1) is 0 Å². The van der Waals surface area contributed by atoms with Crippen molar-refractivity contribution in [1.29, 1.82) is 0 Å². The SMILES string of the molecule is COC[C@]1(C)CNc2cnc3c(ccn3S(=O)(=O)c3ccccc3)c2N1. The van der Waals surface area contributed by atoms with Crippen LogP contribution in [0.15, 0.2) is 53.7 Å². The van der Waals surface area contributed by atoms with E-state index < -0.39 is 10.0 Å². The van der Waals surface area contributed by atoms with Crippen LogP contribution in [0, 0.1) is 0 Å². The van der Waals surface area contributed by atoms with Gasteiger partial charge in [0.1, 0.15) is 0 Å². The molecule has 4 rings (SSSR count). The predicted octanol–water partition coefficient (Wildman–Crippen LogP) is 2.52. The second-order valence-corrected chi connectivity index (χ2v) is 8.50. The summed E-state index contributed by atoms with van der Waals surface area (Å²) in [5, 5.41) is 7.58. The Morgan fingerprint density at radius 1 is 1.27 bits per heavy atom. The molecule has 0 aliphatic carbocycles. The number of methoxy groups -OCH3 is 1. The van der Waals surface area contributed by atoms with E-state index in [-0.39, 0.29) is 10.4 Å². The molecule has 136 valence electrons. The first-order chi connectivity index (χ1) is 12.4. The molecule has 8 heteroatoms. The highest BCUT2D eigenvalue weighted by Gasteiger charge is 2.31. The van der Waals surface area contributed by atoms with Crippen molar-refractivity contribution < 1.29 is 13.2 Å². The lowest BCUT2D eigenvalue weighted by Gasteiger charge is -2.37. The Bertz CT molecular complexity index is 1060. The molecular weight excluding hydrogens is 352 g/mol. The van der Waals surface area contributed by atoms with E-state index in [1.165, 1.54) is 3.97 Å². The van der Waals surface area contributed by atoms with Crippen molar-refractivity contribution >= 4 is 32.4 Å². The van der Waals surface area contributed by atoms with E-state index in [1.54, 1.807) is 55.9 Å². The molecule has 2 aromatic heterocycles. The number of pyridine rings is 1. The number of fused-ring (bicyclic) bond motifs is 3. The minimum atomic E-state index is -3.71. The van der Waals surface area contributed by atoms with Crippen LogP contribution in [-0.2, 0) is 14.8 Å². The van der Waals surface area contributed by atoms with Crippen molar-refractivity contribution in [2.24, 2.45) is 0 Å². The van der Waals surface area contributed by atoms with Gasteiger partial charge in [0.15, 0.2) is 5.65 Å². The molecule has 0 unspecified atom stereocenters. The van der Waals surface area contributed by atoms with Gasteiger partial charge in [0, 0.05) is 25.2 Å². The van der Waals surface area contributed by atoms with E-state index in [1.807, 2.05) is 0 Å². The summed E-state index contributed by atoms with van der Waals surface area (Å²) in [4.78, 5) is 4.62. The van der Waals surface area contributed by atoms with Crippen LogP contribution in [-0.4, -0.2) is 43.2 Å². The van der Waals surface area contributed by atoms with Gasteiger partial charge in [0.05, 0.1) is 34.6 Å². The molecule has 0 saturated carbocycles. The zero-order valence-electron chi connectivity index (χ0n) is 14.6. The van der Waals surface area contributed by atoms with Gasteiger partial charge in [0.2, 0.25) is 0 Å². The number of benzene rings is 1. The maximum atomic E-state index is 13.0. The number of aromatic nitrogens is 2. The highest BCUT2D eigenvalue weighted by atomic mass is 32.2. The molecule has 0 spiro atoms. The lowest BCUT2D eigenvalue weighted by molar-refractivity contribution is 0.154. The smallest absolute Gasteiger partial charge is 0.269 e. The molecule has 0 amide bonds. The van der Waals surface area contributed by atoms with Crippen molar-refractivity contribution in [2.45, 2.75) is 17.4 Å². The summed E-state index contributed by atoms with van der Waals surface area (Å²) in [6.07, 6.45) is 3.21. The van der Waals surface area contributed by atoms with Crippen molar-refractivity contribution in [3.63, 3.8) is 0 Å². The van der Waals surface area contributed by atoms with Gasteiger partial charge in [-0.2, -0.15) is 0 Å². The largest absolute Gasteiger partial charge is 0.382 e. The molecule has 1 aromatic carbocycles. The standard InChI is InChI=1S/C18H20N4O3S/c1-18(12-25-2)11-20-15-10-19-17-14(16(15)21-18)8-9-22(17)26(23,24)13-6-4-3-5-7-13/h3-10,20-21H,11-12H2,1-2H3/t18-/m0/s1. The molecule has 0 fully saturated rings. The topological polar surface area (TPSA) is 85.2 Å². The van der Waals surface area contributed by atoms with Crippen molar-refractivity contribution in [3.8, 4) is 0 Å². The molecule has 2 N–H and O–H groups in total. The normalized spacial score (nSPS) is 19.6. The highest BCUT2D eigenvalue weighted by Crippen LogP contribution is 2.37. The fraction of sp³-hybridized carbons (Fsp3) is 0.278. The average Bonchev–Trinajstić information content (AvgIpc) is 3.08. The third-order valence-corrected chi connectivity index (χ3v) is 6.22. The summed E-state index contributed by atoms with van der Waals surface area (Å²) in [6.45, 7) is 3.26. The first-order valence-electron chi connectivity index (χ1n) is 8.26. The number of ether oxygens (including phenoxy) is 1. The van der Waals surface area contributed by atoms with Gasteiger partial charge in [-0.3, -0.25) is 0 Å². The summed E-state index contributed by atoms with van der Waals surface area (Å²) in [6, 6.07) is 10.1. The number of nitrogens with one attached hydrogen (secondary N) is 2. The summed E-state index contributed by atoms with van der Waals surface area (Å²) < 4.78 is 32.5. The van der Waals surface area contributed by atoms with E-state index in [4.69, 9.17) is 4.74 Å². The van der Waals surface area contributed by atoms with E-state index >= 15 is 0 Å². The highest BCUT2D eigenvalue weighted by molar-refractivity contribution is 7.90. The first kappa shape index (κ1) is 16.9. The zero-order chi connectivity index (χ0) is 18.4. The van der Waals surface area contributed by atoms with Crippen LogP contribution in [0.25, 0.3) is 11.0 Å². The molecule has 0 saturated heterocycles. The second kappa shape index (κ2) is 6.00. The number of nitrogens with zero attached hydrogens (tertiary/aromatic N) is 2. The molecular formula is C18H20N4O3S. The Hall–Kier alpha value is -2.58. The van der Waals surface area contributed by atoms with Crippen LogP contribution in [0.5, 0.6) is 0 Å². The van der Waals surface area contributed by atoms with Crippen LogP contribution in [0.4, 0.5) is 11.4 Å². The summed E-state index contributed by atoms with van der Waals surface area (Å²) in [7, 11) is -2.05. The Morgan fingerprint density at radius 3 is 2.77 bits per heavy atom. The number of hydrogen-bond donors (Lipinski definition) is 2. The average molecular weight is 372 g/mol. The third-order valence-electron chi connectivity index (χ3n) is 4.54. The molecule has 0 bridgehead atoms. The predicted molar refractivity (Wildman–Crippen MR) is 101 cm³/mol. The fourth-order valence-corrected chi connectivity index (χ4v) is 4.60. The second-order valence-electron chi connectivity index (χ2n) is 6.69. The van der Waals surface area contributed by atoms with Crippen LogP contribution < -0.4 is 10.6 Å². The van der Waals surface area contributed by atoms with Gasteiger partial charge in [-0.1, -0.05) is 18.2 Å². The maximum absolute atomic E-state index is 13.0. The van der Waals surface area contributed by atoms with Crippen LogP contribution >= 0.6 is 0 Å². The molecule has 1 atom stereocenters. The third kappa shape index (κ3) is 2.62. The minimum absolute atomic E-state index is 0.229. The molecule has 3 heterocycles. The van der Waals surface area contributed by atoms with E-state index in [2.05, 4.69) is 22.5 Å². The fourth-order valence-electron chi connectivity index (χ4n) is 3.27. The first-order valence-corrected chi connectivity index (χ1v) is 9.70. The maximum Gasteiger partial charge on any atom is 0.269 e. The zero-order valence-corrected chi connectivity index (χ0v) is 15.4. The number of hydrogen-bond acceptors (Lipinski definition) is 6.